The summed E-state index contributed by atoms with van der Waals surface area (Å²) in [5, 5.41) is 0.689. The summed E-state index contributed by atoms with van der Waals surface area (Å²) in [5.74, 6) is 0.429. The number of carbonyl (C=O) groups excluding carboxylic acids is 1. The molecule has 0 unspecified atom stereocenters. The van der Waals surface area contributed by atoms with Crippen LogP contribution in [-0.2, 0) is 0 Å². The Labute approximate surface area is 83.7 Å². The summed E-state index contributed by atoms with van der Waals surface area (Å²) in [5.41, 5.74) is 1.81. The van der Waals surface area contributed by atoms with Gasteiger partial charge in [-0.25, -0.2) is 0 Å². The average molecular weight is 197 g/mol. The lowest BCUT2D eigenvalue weighted by Crippen LogP contribution is -2.00. The van der Waals surface area contributed by atoms with Gasteiger partial charge in [-0.15, -0.1) is 0 Å². The average Bonchev–Trinajstić information content (AvgIpc) is 2.03. The third-order valence-electron chi connectivity index (χ3n) is 2.01. The van der Waals surface area contributed by atoms with E-state index >= 15 is 0 Å². The molecule has 70 valence electrons. The van der Waals surface area contributed by atoms with E-state index in [0.29, 0.717) is 10.9 Å². The molecule has 13 heavy (non-hydrogen) atoms. The summed E-state index contributed by atoms with van der Waals surface area (Å²) in [4.78, 5) is 11.2. The maximum absolute atomic E-state index is 11.2. The van der Waals surface area contributed by atoms with Gasteiger partial charge < -0.3 is 0 Å². The fraction of sp³-hybridized carbons (Fsp3) is 0.364. The smallest absolute Gasteiger partial charge is 0.160 e. The fourth-order valence-electron chi connectivity index (χ4n) is 1.33. The summed E-state index contributed by atoms with van der Waals surface area (Å²) >= 11 is 5.85. The lowest BCUT2D eigenvalue weighted by atomic mass is 9.95. The zero-order chi connectivity index (χ0) is 10.0. The van der Waals surface area contributed by atoms with E-state index < -0.39 is 0 Å². The summed E-state index contributed by atoms with van der Waals surface area (Å²) in [6.45, 7) is 5.69. The molecular weight excluding hydrogens is 184 g/mol. The van der Waals surface area contributed by atoms with E-state index in [1.54, 1.807) is 19.1 Å². The maximum Gasteiger partial charge on any atom is 0.160 e. The molecule has 0 amide bonds. The van der Waals surface area contributed by atoms with Crippen LogP contribution in [0.4, 0.5) is 0 Å². The minimum Gasteiger partial charge on any atom is -0.295 e. The first-order chi connectivity index (χ1) is 6.02. The summed E-state index contributed by atoms with van der Waals surface area (Å²) in [6, 6.07) is 5.41. The molecule has 0 fully saturated rings. The van der Waals surface area contributed by atoms with Crippen molar-refractivity contribution in [3.05, 3.63) is 34.3 Å². The van der Waals surface area contributed by atoms with Gasteiger partial charge in [-0.2, -0.15) is 0 Å². The van der Waals surface area contributed by atoms with Gasteiger partial charge in [0.2, 0.25) is 0 Å². The first kappa shape index (κ1) is 10.3. The second-order valence-corrected chi connectivity index (χ2v) is 3.88. The normalized spacial score (nSPS) is 10.5. The van der Waals surface area contributed by atoms with Crippen molar-refractivity contribution in [3.63, 3.8) is 0 Å². The van der Waals surface area contributed by atoms with Crippen molar-refractivity contribution in [1.82, 2.24) is 0 Å². The van der Waals surface area contributed by atoms with Crippen molar-refractivity contribution >= 4 is 17.4 Å². The molecule has 0 bridgehead atoms. The van der Waals surface area contributed by atoms with E-state index in [0.717, 1.165) is 11.1 Å². The Bertz CT molecular complexity index is 329. The third kappa shape index (κ3) is 2.31. The molecule has 1 rings (SSSR count). The van der Waals surface area contributed by atoms with E-state index in [2.05, 4.69) is 13.8 Å². The number of carbonyl (C=O) groups is 1. The molecular formula is C11H13ClO. The highest BCUT2D eigenvalue weighted by atomic mass is 35.5. The number of halogens is 1. The number of Topliss-reactive ketones (excluding diaryl/α,β-unsaturated/α-hetero) is 1. The summed E-state index contributed by atoms with van der Waals surface area (Å²) in [6.07, 6.45) is 0. The Kier molecular flexibility index (Phi) is 3.10. The highest BCUT2D eigenvalue weighted by molar-refractivity contribution is 6.30. The van der Waals surface area contributed by atoms with Crippen LogP contribution >= 0.6 is 11.6 Å². The van der Waals surface area contributed by atoms with Crippen molar-refractivity contribution in [3.8, 4) is 0 Å². The minimum absolute atomic E-state index is 0.0976. The van der Waals surface area contributed by atoms with Crippen LogP contribution < -0.4 is 0 Å². The molecule has 1 nitrogen and oxygen atoms in total. The quantitative estimate of drug-likeness (QED) is 0.660. The molecule has 0 saturated heterocycles. The largest absolute Gasteiger partial charge is 0.295 e. The van der Waals surface area contributed by atoms with E-state index in [4.69, 9.17) is 11.6 Å². The van der Waals surface area contributed by atoms with Gasteiger partial charge in [-0.1, -0.05) is 25.4 Å². The van der Waals surface area contributed by atoms with Crippen LogP contribution in [0.5, 0.6) is 0 Å². The van der Waals surface area contributed by atoms with E-state index in [-0.39, 0.29) is 5.78 Å². The van der Waals surface area contributed by atoms with Gasteiger partial charge in [-0.3, -0.25) is 4.79 Å². The molecule has 0 aliphatic carbocycles. The number of benzene rings is 1. The van der Waals surface area contributed by atoms with Gasteiger partial charge >= 0.3 is 0 Å². The van der Waals surface area contributed by atoms with Gasteiger partial charge in [-0.05, 0) is 36.6 Å². The predicted octanol–water partition coefficient (Wildman–Crippen LogP) is 3.67. The minimum atomic E-state index is 0.0976. The molecule has 2 heteroatoms. The summed E-state index contributed by atoms with van der Waals surface area (Å²) in [7, 11) is 0. The van der Waals surface area contributed by atoms with Crippen LogP contribution in [0.3, 0.4) is 0 Å². The number of hydrogen-bond acceptors (Lipinski definition) is 1. The van der Waals surface area contributed by atoms with Gasteiger partial charge in [0.25, 0.3) is 0 Å². The van der Waals surface area contributed by atoms with Crippen LogP contribution in [0.2, 0.25) is 5.02 Å². The molecule has 1 aromatic rings. The number of hydrogen-bond donors (Lipinski definition) is 0. The fourth-order valence-corrected chi connectivity index (χ4v) is 1.51. The molecule has 0 aliphatic heterocycles. The standard InChI is InChI=1S/C11H13ClO/c1-7(2)11-6-9(12)4-5-10(11)8(3)13/h4-7H,1-3H3. The molecule has 0 N–H and O–H groups in total. The Hall–Kier alpha value is -0.820. The van der Waals surface area contributed by atoms with Crippen molar-refractivity contribution in [2.24, 2.45) is 0 Å². The van der Waals surface area contributed by atoms with Crippen molar-refractivity contribution < 1.29 is 4.79 Å². The van der Waals surface area contributed by atoms with E-state index in [1.165, 1.54) is 0 Å². The molecule has 0 aromatic heterocycles. The molecule has 0 heterocycles. The Morgan fingerprint density at radius 2 is 2.00 bits per heavy atom. The molecule has 0 saturated carbocycles. The lowest BCUT2D eigenvalue weighted by Gasteiger charge is -2.10. The van der Waals surface area contributed by atoms with Crippen LogP contribution in [-0.4, -0.2) is 5.78 Å². The highest BCUT2D eigenvalue weighted by Gasteiger charge is 2.10. The zero-order valence-electron chi connectivity index (χ0n) is 8.10. The topological polar surface area (TPSA) is 17.1 Å². The van der Waals surface area contributed by atoms with Gasteiger partial charge in [0, 0.05) is 10.6 Å². The van der Waals surface area contributed by atoms with E-state index in [1.807, 2.05) is 6.07 Å². The van der Waals surface area contributed by atoms with Crippen molar-refractivity contribution in [1.29, 1.82) is 0 Å². The molecule has 0 radical (unpaired) electrons. The van der Waals surface area contributed by atoms with Crippen molar-refractivity contribution in [2.75, 3.05) is 0 Å². The predicted molar refractivity (Wildman–Crippen MR) is 55.5 cm³/mol. The molecule has 1 aromatic carbocycles. The number of ketones is 1. The van der Waals surface area contributed by atoms with Crippen LogP contribution in [0.1, 0.15) is 42.6 Å². The zero-order valence-corrected chi connectivity index (χ0v) is 8.85. The monoisotopic (exact) mass is 196 g/mol. The summed E-state index contributed by atoms with van der Waals surface area (Å²) < 4.78 is 0. The number of rotatable bonds is 2. The third-order valence-corrected chi connectivity index (χ3v) is 2.25. The van der Waals surface area contributed by atoms with Crippen LogP contribution in [0, 0.1) is 0 Å². The highest BCUT2D eigenvalue weighted by Crippen LogP contribution is 2.23. The van der Waals surface area contributed by atoms with Gasteiger partial charge in [0.15, 0.2) is 5.78 Å². The van der Waals surface area contributed by atoms with E-state index in [9.17, 15) is 4.79 Å². The van der Waals surface area contributed by atoms with Crippen LogP contribution in [0.15, 0.2) is 18.2 Å². The van der Waals surface area contributed by atoms with Gasteiger partial charge in [0.1, 0.15) is 0 Å². The second-order valence-electron chi connectivity index (χ2n) is 3.44. The van der Waals surface area contributed by atoms with Gasteiger partial charge in [0.05, 0.1) is 0 Å². The Morgan fingerprint density at radius 3 is 2.46 bits per heavy atom. The Balaban J connectivity index is 3.26. The van der Waals surface area contributed by atoms with Crippen molar-refractivity contribution in [2.45, 2.75) is 26.7 Å². The SMILES string of the molecule is CC(=O)c1ccc(Cl)cc1C(C)C. The Morgan fingerprint density at radius 1 is 1.38 bits per heavy atom. The first-order valence-electron chi connectivity index (χ1n) is 4.32. The first-order valence-corrected chi connectivity index (χ1v) is 4.70. The molecule has 0 spiro atoms. The molecule has 0 atom stereocenters. The maximum atomic E-state index is 11.2. The molecule has 0 aliphatic rings. The second kappa shape index (κ2) is 3.93. The lowest BCUT2D eigenvalue weighted by molar-refractivity contribution is 0.101. The van der Waals surface area contributed by atoms with Crippen LogP contribution in [0.25, 0.3) is 0 Å².